The molecule has 0 saturated heterocycles. The minimum Gasteiger partial charge on any atom is -0.495 e. The smallest absolute Gasteiger partial charge is 0.421 e. The Morgan fingerprint density at radius 1 is 1.20 bits per heavy atom. The Balaban J connectivity index is 1.64. The van der Waals surface area contributed by atoms with Crippen LogP contribution < -0.4 is 20.7 Å². The number of aryl methyl sites for hydroxylation is 1. The lowest BCUT2D eigenvalue weighted by Gasteiger charge is -2.19. The molecule has 0 unspecified atom stereocenters. The van der Waals surface area contributed by atoms with Crippen molar-refractivity contribution in [2.45, 2.75) is 32.2 Å². The number of amides is 1. The molecule has 1 atom stereocenters. The normalized spacial score (nSPS) is 16.9. The number of carbonyl (C=O) groups excluding carboxylic acids is 1. The molecule has 0 saturated carbocycles. The molecule has 8 rings (SSSR count). The number of methoxy groups -OCH3 is 1. The van der Waals surface area contributed by atoms with E-state index in [2.05, 4.69) is 36.0 Å². The lowest BCUT2D eigenvalue weighted by Crippen LogP contribution is -2.21. The molecule has 0 radical (unpaired) electrons. The number of anilines is 4. The van der Waals surface area contributed by atoms with Crippen LogP contribution >= 0.6 is 19.2 Å². The maximum atomic E-state index is 14.1. The monoisotopic (exact) mass is 680 g/mol. The van der Waals surface area contributed by atoms with E-state index in [1.807, 2.05) is 0 Å². The van der Waals surface area contributed by atoms with Crippen molar-refractivity contribution in [3.05, 3.63) is 64.7 Å². The molecule has 0 spiro atoms. The third-order valence-electron chi connectivity index (χ3n) is 6.71. The maximum Gasteiger partial charge on any atom is 0.421 e. The average Bonchev–Trinajstić information content (AvgIpc) is 3.39. The second kappa shape index (κ2) is 13.6. The topological polar surface area (TPSA) is 154 Å². The summed E-state index contributed by atoms with van der Waals surface area (Å²) in [6.07, 6.45) is -2.28. The minimum absolute atomic E-state index is 0.0540. The van der Waals surface area contributed by atoms with Crippen molar-refractivity contribution < 1.29 is 36.3 Å². The zero-order valence-corrected chi connectivity index (χ0v) is 26.5. The highest BCUT2D eigenvalue weighted by Crippen LogP contribution is 2.52. The van der Waals surface area contributed by atoms with Crippen LogP contribution in [0.25, 0.3) is 11.3 Å². The number of benzene rings is 1. The predicted octanol–water partition coefficient (Wildman–Crippen LogP) is 6.41. The SMILES string of the molecule is CCO[P@]1(=O)Cc2ccc(c(OC)c2)Nc2ncc(C(F)(F)F)c(n2)Nc2ccc(nc2C(=O)NC)-c2cn(nc2Cl)CCCO1. The zero-order chi connectivity index (χ0) is 33.1. The van der Waals surface area contributed by atoms with Crippen LogP contribution in [0.3, 0.4) is 0 Å². The molecule has 3 N–H and O–H groups in total. The standard InChI is InChI=1S/C28H29ClF3N8O5P/c1-4-44-46(42)15-16-6-7-20(22(12-16)43-3)37-27-34-13-18(28(30,31)32)25(38-27)36-21-9-8-19(35-23(21)26(41)33-2)17-14-40(39-24(17)29)10-5-11-45-46/h6-9,12-14H,4-5,10-11,15H2,1-3H3,(H,33,41)(H2,34,36,37,38)/t46-/m1/s1. The average molecular weight is 681 g/mol. The van der Waals surface area contributed by atoms with E-state index in [1.54, 1.807) is 36.0 Å². The van der Waals surface area contributed by atoms with Crippen molar-refractivity contribution >= 4 is 48.2 Å². The summed E-state index contributed by atoms with van der Waals surface area (Å²) < 4.78 is 74.1. The van der Waals surface area contributed by atoms with Gasteiger partial charge in [-0.05, 0) is 43.2 Å². The van der Waals surface area contributed by atoms with Crippen LogP contribution in [-0.4, -0.2) is 58.0 Å². The van der Waals surface area contributed by atoms with Gasteiger partial charge in [0.05, 0.1) is 49.1 Å². The summed E-state index contributed by atoms with van der Waals surface area (Å²) in [5, 5.41) is 12.3. The van der Waals surface area contributed by atoms with E-state index in [0.29, 0.717) is 36.0 Å². The van der Waals surface area contributed by atoms with Gasteiger partial charge in [0.25, 0.3) is 5.91 Å². The van der Waals surface area contributed by atoms with E-state index in [4.69, 9.17) is 25.4 Å². The number of nitrogens with one attached hydrogen (secondary N) is 3. The van der Waals surface area contributed by atoms with Gasteiger partial charge in [0.2, 0.25) is 5.95 Å². The van der Waals surface area contributed by atoms with Crippen molar-refractivity contribution in [1.29, 1.82) is 0 Å². The summed E-state index contributed by atoms with van der Waals surface area (Å²) in [6.45, 7) is 2.28. The first kappa shape index (κ1) is 33.1. The molecule has 4 aliphatic rings. The van der Waals surface area contributed by atoms with Crippen LogP contribution in [0.15, 0.2) is 42.7 Å². The predicted molar refractivity (Wildman–Crippen MR) is 164 cm³/mol. The van der Waals surface area contributed by atoms with Gasteiger partial charge in [0, 0.05) is 26.0 Å². The highest BCUT2D eigenvalue weighted by molar-refractivity contribution is 7.53. The number of hydrogen-bond acceptors (Lipinski definition) is 11. The van der Waals surface area contributed by atoms with Gasteiger partial charge in [-0.3, -0.25) is 14.0 Å². The van der Waals surface area contributed by atoms with Crippen LogP contribution in [0.4, 0.5) is 36.3 Å². The number of hydrogen-bond donors (Lipinski definition) is 3. The molecule has 13 nitrogen and oxygen atoms in total. The van der Waals surface area contributed by atoms with Gasteiger partial charge in [-0.2, -0.15) is 23.3 Å². The van der Waals surface area contributed by atoms with E-state index in [-0.39, 0.29) is 53.3 Å². The number of alkyl halides is 3. The molecule has 0 fully saturated rings. The molecule has 46 heavy (non-hydrogen) atoms. The largest absolute Gasteiger partial charge is 0.495 e. The molecule has 1 aromatic carbocycles. The summed E-state index contributed by atoms with van der Waals surface area (Å²) in [7, 11) is -0.825. The lowest BCUT2D eigenvalue weighted by atomic mass is 10.1. The summed E-state index contributed by atoms with van der Waals surface area (Å²) in [6, 6.07) is 7.70. The van der Waals surface area contributed by atoms with Crippen LogP contribution in [0, 0.1) is 0 Å². The van der Waals surface area contributed by atoms with E-state index in [0.717, 1.165) is 0 Å². The van der Waals surface area contributed by atoms with Gasteiger partial charge in [-0.15, -0.1) is 0 Å². The molecule has 1 amide bonds. The van der Waals surface area contributed by atoms with E-state index in [1.165, 1.54) is 26.3 Å². The molecule has 244 valence electrons. The van der Waals surface area contributed by atoms with E-state index >= 15 is 0 Å². The molecule has 0 aliphatic carbocycles. The Bertz CT molecular complexity index is 1810. The third kappa shape index (κ3) is 7.41. The van der Waals surface area contributed by atoms with Gasteiger partial charge < -0.3 is 29.7 Å². The Morgan fingerprint density at radius 3 is 2.70 bits per heavy atom. The summed E-state index contributed by atoms with van der Waals surface area (Å²) >= 11 is 6.41. The number of halogens is 4. The highest BCUT2D eigenvalue weighted by Gasteiger charge is 2.36. The van der Waals surface area contributed by atoms with Crippen LogP contribution in [0.5, 0.6) is 5.75 Å². The van der Waals surface area contributed by atoms with Crippen LogP contribution in [-0.2, 0) is 32.5 Å². The summed E-state index contributed by atoms with van der Waals surface area (Å²) in [5.41, 5.74) is 0.0542. The fraction of sp³-hybridized carbons (Fsp3) is 0.321. The van der Waals surface area contributed by atoms with Crippen molar-refractivity contribution in [2.24, 2.45) is 0 Å². The van der Waals surface area contributed by atoms with Crippen LogP contribution in [0.1, 0.15) is 35.0 Å². The Morgan fingerprint density at radius 2 is 1.98 bits per heavy atom. The van der Waals surface area contributed by atoms with Gasteiger partial charge in [0.1, 0.15) is 17.1 Å². The molecule has 8 bridgehead atoms. The number of pyridine rings is 1. The summed E-state index contributed by atoms with van der Waals surface area (Å²) in [4.78, 5) is 25.2. The van der Waals surface area contributed by atoms with Crippen molar-refractivity contribution in [3.63, 3.8) is 0 Å². The Labute approximate surface area is 266 Å². The Kier molecular flexibility index (Phi) is 9.82. The molecular weight excluding hydrogens is 652 g/mol. The number of nitrogens with zero attached hydrogens (tertiary/aromatic N) is 5. The summed E-state index contributed by atoms with van der Waals surface area (Å²) in [5.74, 6) is -1.25. The van der Waals surface area contributed by atoms with Crippen molar-refractivity contribution in [2.75, 3.05) is 38.0 Å². The highest BCUT2D eigenvalue weighted by atomic mass is 35.5. The lowest BCUT2D eigenvalue weighted by molar-refractivity contribution is -0.137. The van der Waals surface area contributed by atoms with Gasteiger partial charge in [0.15, 0.2) is 10.8 Å². The number of ether oxygens (including phenoxy) is 1. The van der Waals surface area contributed by atoms with Gasteiger partial charge >= 0.3 is 13.8 Å². The second-order valence-corrected chi connectivity index (χ2v) is 12.3. The zero-order valence-electron chi connectivity index (χ0n) is 24.8. The molecule has 7 heterocycles. The molecule has 3 aromatic heterocycles. The van der Waals surface area contributed by atoms with E-state index < -0.39 is 31.1 Å². The number of aromatic nitrogens is 5. The van der Waals surface area contributed by atoms with Crippen LogP contribution in [0.2, 0.25) is 5.15 Å². The fourth-order valence-electron chi connectivity index (χ4n) is 4.59. The Hall–Kier alpha value is -4.24. The quantitative estimate of drug-likeness (QED) is 0.205. The minimum atomic E-state index is -4.84. The van der Waals surface area contributed by atoms with Gasteiger partial charge in [-0.25, -0.2) is 9.97 Å². The first-order valence-corrected chi connectivity index (χ1v) is 16.0. The molecular formula is C28H29ClF3N8O5P. The first-order valence-electron chi connectivity index (χ1n) is 13.9. The second-order valence-electron chi connectivity index (χ2n) is 9.88. The fourth-order valence-corrected chi connectivity index (χ4v) is 6.54. The third-order valence-corrected chi connectivity index (χ3v) is 8.97. The molecule has 18 heteroatoms. The van der Waals surface area contributed by atoms with Crippen molar-refractivity contribution in [1.82, 2.24) is 30.0 Å². The molecule has 4 aromatic rings. The first-order chi connectivity index (χ1) is 21.9. The van der Waals surface area contributed by atoms with E-state index in [9.17, 15) is 22.5 Å². The number of rotatable bonds is 4. The number of carbonyl (C=O) groups is 1. The molecule has 4 aliphatic heterocycles. The maximum absolute atomic E-state index is 14.1. The van der Waals surface area contributed by atoms with Crippen molar-refractivity contribution in [3.8, 4) is 17.0 Å². The van der Waals surface area contributed by atoms with Gasteiger partial charge in [-0.1, -0.05) is 17.7 Å².